The average Bonchev–Trinajstić information content (AvgIpc) is 2.83. The first-order valence-corrected chi connectivity index (χ1v) is 12.7. The van der Waals surface area contributed by atoms with Crippen molar-refractivity contribution in [2.75, 3.05) is 25.0 Å². The van der Waals surface area contributed by atoms with Gasteiger partial charge in [-0.1, -0.05) is 35.9 Å². The maximum atomic E-state index is 12.5. The second kappa shape index (κ2) is 11.8. The minimum absolute atomic E-state index is 0.137. The molecule has 2 N–H and O–H groups in total. The number of amides is 1. The van der Waals surface area contributed by atoms with Crippen LogP contribution in [0.1, 0.15) is 29.3 Å². The Morgan fingerprint density at radius 1 is 1.00 bits per heavy atom. The van der Waals surface area contributed by atoms with E-state index in [4.69, 9.17) is 21.1 Å². The van der Waals surface area contributed by atoms with Crippen LogP contribution in [0.3, 0.4) is 0 Å². The Balaban J connectivity index is 1.54. The summed E-state index contributed by atoms with van der Waals surface area (Å²) in [6, 6.07) is 18.2. The number of carbonyl (C=O) groups is 1. The quantitative estimate of drug-likeness (QED) is 0.363. The van der Waals surface area contributed by atoms with Crippen molar-refractivity contribution >= 4 is 33.2 Å². The summed E-state index contributed by atoms with van der Waals surface area (Å²) in [5.74, 6) is 1.05. The normalized spacial score (nSPS) is 11.0. The highest BCUT2D eigenvalue weighted by atomic mass is 35.5. The molecule has 0 radical (unpaired) electrons. The molecular formula is C25H27ClN2O5S. The topological polar surface area (TPSA) is 93.7 Å². The zero-order valence-electron chi connectivity index (χ0n) is 19.0. The number of nitrogens with one attached hydrogen (secondary N) is 2. The van der Waals surface area contributed by atoms with Gasteiger partial charge in [-0.05, 0) is 67.8 Å². The predicted molar refractivity (Wildman–Crippen MR) is 134 cm³/mol. The van der Waals surface area contributed by atoms with E-state index in [-0.39, 0.29) is 27.1 Å². The van der Waals surface area contributed by atoms with Crippen LogP contribution in [0.2, 0.25) is 5.02 Å². The third-order valence-corrected chi connectivity index (χ3v) is 6.69. The molecule has 3 rings (SSSR count). The van der Waals surface area contributed by atoms with Crippen LogP contribution in [0.15, 0.2) is 71.6 Å². The first-order valence-electron chi connectivity index (χ1n) is 10.8. The van der Waals surface area contributed by atoms with Crippen LogP contribution < -0.4 is 19.5 Å². The van der Waals surface area contributed by atoms with Crippen molar-refractivity contribution in [3.63, 3.8) is 0 Å². The van der Waals surface area contributed by atoms with E-state index in [1.165, 1.54) is 30.3 Å². The average molecular weight is 503 g/mol. The number of halogens is 1. The minimum Gasteiger partial charge on any atom is -0.493 e. The van der Waals surface area contributed by atoms with E-state index < -0.39 is 10.0 Å². The summed E-state index contributed by atoms with van der Waals surface area (Å²) in [4.78, 5) is 12.7. The van der Waals surface area contributed by atoms with Gasteiger partial charge in [0.2, 0.25) is 0 Å². The number of aryl methyl sites for hydroxylation is 1. The van der Waals surface area contributed by atoms with E-state index in [1.807, 2.05) is 25.1 Å². The number of benzene rings is 3. The lowest BCUT2D eigenvalue weighted by molar-refractivity contribution is 0.0953. The van der Waals surface area contributed by atoms with Crippen molar-refractivity contribution in [2.24, 2.45) is 0 Å². The lowest BCUT2D eigenvalue weighted by atomic mass is 10.1. The fourth-order valence-corrected chi connectivity index (χ4v) is 4.65. The number of hydrogen-bond acceptors (Lipinski definition) is 5. The molecule has 0 aliphatic heterocycles. The molecule has 3 aromatic rings. The summed E-state index contributed by atoms with van der Waals surface area (Å²) in [5.41, 5.74) is 1.62. The molecule has 0 aliphatic carbocycles. The van der Waals surface area contributed by atoms with Gasteiger partial charge < -0.3 is 14.8 Å². The molecule has 0 fully saturated rings. The molecule has 34 heavy (non-hydrogen) atoms. The standard InChI is InChI=1S/C25H27ClN2O5S/c1-3-33-23-14-11-18(16-24(23)32-2)8-7-15-27-25(29)21-13-12-19(17-22(21)26)28-34(30,31)20-9-5-4-6-10-20/h4-6,9-14,16-17,28H,3,7-8,15H2,1-2H3,(H,27,29). The monoisotopic (exact) mass is 502 g/mol. The third kappa shape index (κ3) is 6.65. The van der Waals surface area contributed by atoms with Gasteiger partial charge in [-0.3, -0.25) is 9.52 Å². The van der Waals surface area contributed by atoms with Gasteiger partial charge in [0.25, 0.3) is 15.9 Å². The van der Waals surface area contributed by atoms with Crippen LogP contribution in [-0.2, 0) is 16.4 Å². The highest BCUT2D eigenvalue weighted by Gasteiger charge is 2.16. The Morgan fingerprint density at radius 2 is 1.76 bits per heavy atom. The van der Waals surface area contributed by atoms with Gasteiger partial charge in [-0.15, -0.1) is 0 Å². The van der Waals surface area contributed by atoms with Crippen LogP contribution in [-0.4, -0.2) is 34.6 Å². The minimum atomic E-state index is -3.74. The van der Waals surface area contributed by atoms with Gasteiger partial charge >= 0.3 is 0 Å². The van der Waals surface area contributed by atoms with Gasteiger partial charge in [0.15, 0.2) is 11.5 Å². The molecule has 0 bridgehead atoms. The van der Waals surface area contributed by atoms with Gasteiger partial charge in [0.05, 0.1) is 34.9 Å². The third-order valence-electron chi connectivity index (χ3n) is 4.98. The summed E-state index contributed by atoms with van der Waals surface area (Å²) in [7, 11) is -2.14. The maximum absolute atomic E-state index is 12.5. The second-order valence-electron chi connectivity index (χ2n) is 7.39. The summed E-state index contributed by atoms with van der Waals surface area (Å²) in [6.07, 6.45) is 1.46. The van der Waals surface area contributed by atoms with Crippen molar-refractivity contribution in [2.45, 2.75) is 24.7 Å². The molecule has 180 valence electrons. The Kier molecular flexibility index (Phi) is 8.79. The van der Waals surface area contributed by atoms with E-state index in [2.05, 4.69) is 10.0 Å². The summed E-state index contributed by atoms with van der Waals surface area (Å²) in [5, 5.41) is 3.00. The van der Waals surface area contributed by atoms with Gasteiger partial charge in [-0.25, -0.2) is 8.42 Å². The molecule has 0 aromatic heterocycles. The Morgan fingerprint density at radius 3 is 2.44 bits per heavy atom. The van der Waals surface area contributed by atoms with Crippen LogP contribution in [0, 0.1) is 0 Å². The van der Waals surface area contributed by atoms with Crippen molar-refractivity contribution in [1.29, 1.82) is 0 Å². The fraction of sp³-hybridized carbons (Fsp3) is 0.240. The lowest BCUT2D eigenvalue weighted by Gasteiger charge is -2.12. The molecule has 0 saturated carbocycles. The second-order valence-corrected chi connectivity index (χ2v) is 9.48. The van der Waals surface area contributed by atoms with E-state index in [0.717, 1.165) is 18.4 Å². The lowest BCUT2D eigenvalue weighted by Crippen LogP contribution is -2.25. The molecule has 0 unspecified atom stereocenters. The molecule has 0 heterocycles. The van der Waals surface area contributed by atoms with Gasteiger partial charge in [0.1, 0.15) is 0 Å². The van der Waals surface area contributed by atoms with Crippen LogP contribution >= 0.6 is 11.6 Å². The van der Waals surface area contributed by atoms with E-state index in [9.17, 15) is 13.2 Å². The molecule has 0 spiro atoms. The van der Waals surface area contributed by atoms with Crippen LogP contribution in [0.4, 0.5) is 5.69 Å². The zero-order chi connectivity index (χ0) is 24.6. The first-order chi connectivity index (χ1) is 16.3. The van der Waals surface area contributed by atoms with Gasteiger partial charge in [0, 0.05) is 6.54 Å². The van der Waals surface area contributed by atoms with Gasteiger partial charge in [-0.2, -0.15) is 0 Å². The number of sulfonamides is 1. The molecule has 1 amide bonds. The molecule has 7 nitrogen and oxygen atoms in total. The van der Waals surface area contributed by atoms with Crippen molar-refractivity contribution < 1.29 is 22.7 Å². The summed E-state index contributed by atoms with van der Waals surface area (Å²) >= 11 is 6.26. The largest absolute Gasteiger partial charge is 0.493 e. The molecule has 3 aromatic carbocycles. The fourth-order valence-electron chi connectivity index (χ4n) is 3.31. The number of hydrogen-bond donors (Lipinski definition) is 2. The van der Waals surface area contributed by atoms with E-state index >= 15 is 0 Å². The first kappa shape index (κ1) is 25.4. The number of carbonyl (C=O) groups excluding carboxylic acids is 1. The molecule has 0 aliphatic rings. The highest BCUT2D eigenvalue weighted by Crippen LogP contribution is 2.28. The Labute approximate surface area is 205 Å². The van der Waals surface area contributed by atoms with Crippen molar-refractivity contribution in [3.8, 4) is 11.5 Å². The molecule has 9 heteroatoms. The number of ether oxygens (including phenoxy) is 2. The number of anilines is 1. The number of methoxy groups -OCH3 is 1. The predicted octanol–water partition coefficient (Wildman–Crippen LogP) is 4.91. The Bertz CT molecular complexity index is 1230. The van der Waals surface area contributed by atoms with Crippen LogP contribution in [0.5, 0.6) is 11.5 Å². The Hall–Kier alpha value is -3.23. The smallest absolute Gasteiger partial charge is 0.261 e. The van der Waals surface area contributed by atoms with Crippen LogP contribution in [0.25, 0.3) is 0 Å². The van der Waals surface area contributed by atoms with E-state index in [0.29, 0.717) is 24.7 Å². The molecule has 0 saturated heterocycles. The zero-order valence-corrected chi connectivity index (χ0v) is 20.6. The molecular weight excluding hydrogens is 476 g/mol. The number of rotatable bonds is 11. The van der Waals surface area contributed by atoms with Crippen molar-refractivity contribution in [1.82, 2.24) is 5.32 Å². The summed E-state index contributed by atoms with van der Waals surface area (Å²) < 4.78 is 38.3. The molecule has 0 atom stereocenters. The van der Waals surface area contributed by atoms with E-state index in [1.54, 1.807) is 25.3 Å². The maximum Gasteiger partial charge on any atom is 0.261 e. The SMILES string of the molecule is CCOc1ccc(CCCNC(=O)c2ccc(NS(=O)(=O)c3ccccc3)cc2Cl)cc1OC. The summed E-state index contributed by atoms with van der Waals surface area (Å²) in [6.45, 7) is 2.93. The van der Waals surface area contributed by atoms with Crippen molar-refractivity contribution in [3.05, 3.63) is 82.9 Å². The highest BCUT2D eigenvalue weighted by molar-refractivity contribution is 7.92.